The highest BCUT2D eigenvalue weighted by Crippen LogP contribution is 2.65. The number of fused-ring (bicyclic) bond motifs is 2. The summed E-state index contributed by atoms with van der Waals surface area (Å²) in [6, 6.07) is 0. The van der Waals surface area contributed by atoms with Crippen LogP contribution in [-0.2, 0) is 9.59 Å². The summed E-state index contributed by atoms with van der Waals surface area (Å²) >= 11 is 0. The van der Waals surface area contributed by atoms with Gasteiger partial charge in [0.2, 0.25) is 0 Å². The van der Waals surface area contributed by atoms with Crippen LogP contribution in [0.5, 0.6) is 0 Å². The molecule has 2 rings (SSSR count). The maximum atomic E-state index is 11.8. The Kier molecular flexibility index (Phi) is 1.79. The molecule has 2 aliphatic rings. The molecule has 2 saturated carbocycles. The van der Waals surface area contributed by atoms with Crippen LogP contribution in [0, 0.1) is 16.7 Å². The van der Waals surface area contributed by atoms with Crippen LogP contribution in [0.4, 0.5) is 0 Å². The lowest BCUT2D eigenvalue weighted by Crippen LogP contribution is -2.36. The first kappa shape index (κ1) is 9.69. The van der Waals surface area contributed by atoms with Gasteiger partial charge in [0.05, 0.1) is 6.42 Å². The zero-order valence-corrected chi connectivity index (χ0v) is 8.67. The Morgan fingerprint density at radius 3 is 2.57 bits per heavy atom. The van der Waals surface area contributed by atoms with Crippen molar-refractivity contribution < 1.29 is 14.7 Å². The molecule has 3 heteroatoms. The molecule has 0 aromatic heterocycles. The third kappa shape index (κ3) is 0.928. The molecule has 0 aromatic carbocycles. The topological polar surface area (TPSA) is 54.4 Å². The van der Waals surface area contributed by atoms with Gasteiger partial charge in [-0.1, -0.05) is 13.8 Å². The molecule has 2 fully saturated rings. The summed E-state index contributed by atoms with van der Waals surface area (Å²) in [5.74, 6) is -0.200. The van der Waals surface area contributed by atoms with Crippen molar-refractivity contribution in [1.82, 2.24) is 0 Å². The van der Waals surface area contributed by atoms with Crippen LogP contribution < -0.4 is 0 Å². The lowest BCUT2D eigenvalue weighted by molar-refractivity contribution is -0.142. The monoisotopic (exact) mass is 196 g/mol. The summed E-state index contributed by atoms with van der Waals surface area (Å²) in [5.41, 5.74) is -0.661. The average Bonchev–Trinajstić information content (AvgIpc) is 2.37. The van der Waals surface area contributed by atoms with Gasteiger partial charge < -0.3 is 5.11 Å². The number of hydrogen-bond donors (Lipinski definition) is 1. The van der Waals surface area contributed by atoms with Gasteiger partial charge in [-0.15, -0.1) is 0 Å². The van der Waals surface area contributed by atoms with Gasteiger partial charge in [-0.05, 0) is 24.2 Å². The van der Waals surface area contributed by atoms with E-state index in [0.717, 1.165) is 12.8 Å². The number of carboxylic acids is 1. The van der Waals surface area contributed by atoms with Crippen molar-refractivity contribution in [1.29, 1.82) is 0 Å². The smallest absolute Gasteiger partial charge is 0.303 e. The van der Waals surface area contributed by atoms with Crippen molar-refractivity contribution in [2.45, 2.75) is 39.5 Å². The molecule has 2 bridgehead atoms. The predicted octanol–water partition coefficient (Wildman–Crippen LogP) is 1.86. The Balaban J connectivity index is 2.36. The van der Waals surface area contributed by atoms with Crippen molar-refractivity contribution >= 4 is 11.8 Å². The van der Waals surface area contributed by atoms with E-state index in [0.29, 0.717) is 12.3 Å². The maximum Gasteiger partial charge on any atom is 0.303 e. The molecule has 1 N–H and O–H groups in total. The second-order valence-corrected chi connectivity index (χ2v) is 5.18. The largest absolute Gasteiger partial charge is 0.481 e. The molecule has 0 radical (unpaired) electrons. The van der Waals surface area contributed by atoms with Gasteiger partial charge in [0.25, 0.3) is 0 Å². The van der Waals surface area contributed by atoms with Crippen LogP contribution in [-0.4, -0.2) is 16.9 Å². The van der Waals surface area contributed by atoms with Crippen LogP contribution in [0.3, 0.4) is 0 Å². The summed E-state index contributed by atoms with van der Waals surface area (Å²) in [5, 5.41) is 8.89. The van der Waals surface area contributed by atoms with E-state index >= 15 is 0 Å². The van der Waals surface area contributed by atoms with Gasteiger partial charge in [-0.3, -0.25) is 9.59 Å². The highest BCUT2D eigenvalue weighted by molar-refractivity contribution is 5.90. The van der Waals surface area contributed by atoms with Crippen molar-refractivity contribution in [3.05, 3.63) is 0 Å². The number of aliphatic carboxylic acids is 1. The van der Waals surface area contributed by atoms with Gasteiger partial charge in [-0.2, -0.15) is 0 Å². The Hall–Kier alpha value is -0.860. The van der Waals surface area contributed by atoms with E-state index in [-0.39, 0.29) is 23.0 Å². The maximum absolute atomic E-state index is 11.8. The molecule has 14 heavy (non-hydrogen) atoms. The molecule has 2 aliphatic carbocycles. The average molecular weight is 196 g/mol. The fourth-order valence-corrected chi connectivity index (χ4v) is 3.41. The van der Waals surface area contributed by atoms with E-state index in [1.54, 1.807) is 0 Å². The number of carboxylic acid groups (broad SMARTS) is 1. The first-order valence-corrected chi connectivity index (χ1v) is 5.15. The van der Waals surface area contributed by atoms with Gasteiger partial charge in [0, 0.05) is 11.8 Å². The normalized spacial score (nSPS) is 45.9. The predicted molar refractivity (Wildman–Crippen MR) is 50.8 cm³/mol. The fraction of sp³-hybridized carbons (Fsp3) is 0.818. The Morgan fingerprint density at radius 2 is 2.21 bits per heavy atom. The first-order valence-electron chi connectivity index (χ1n) is 5.15. The van der Waals surface area contributed by atoms with Gasteiger partial charge in [-0.25, -0.2) is 0 Å². The Bertz CT molecular complexity index is 310. The summed E-state index contributed by atoms with van der Waals surface area (Å²) in [4.78, 5) is 22.6. The van der Waals surface area contributed by atoms with E-state index in [1.807, 2.05) is 13.8 Å². The van der Waals surface area contributed by atoms with E-state index < -0.39 is 5.97 Å². The molecule has 0 aromatic rings. The third-order valence-electron chi connectivity index (χ3n) is 4.72. The lowest BCUT2D eigenvalue weighted by Gasteiger charge is -2.35. The molecule has 0 amide bonds. The van der Waals surface area contributed by atoms with Crippen molar-refractivity contribution in [3.63, 3.8) is 0 Å². The van der Waals surface area contributed by atoms with E-state index in [2.05, 4.69) is 0 Å². The fourth-order valence-electron chi connectivity index (χ4n) is 3.41. The molecule has 3 atom stereocenters. The zero-order chi connectivity index (χ0) is 10.6. The molecule has 0 aliphatic heterocycles. The van der Waals surface area contributed by atoms with Crippen molar-refractivity contribution in [3.8, 4) is 0 Å². The van der Waals surface area contributed by atoms with Gasteiger partial charge >= 0.3 is 5.97 Å². The van der Waals surface area contributed by atoms with Crippen molar-refractivity contribution in [2.24, 2.45) is 16.7 Å². The second kappa shape index (κ2) is 2.59. The highest BCUT2D eigenvalue weighted by Gasteiger charge is 2.64. The SMILES string of the molecule is C[C@]12CC[C@@H](CC1=O)[C@]2(C)CC(=O)O. The minimum Gasteiger partial charge on any atom is -0.481 e. The Labute approximate surface area is 83.5 Å². The van der Waals surface area contributed by atoms with E-state index in [9.17, 15) is 9.59 Å². The minimum atomic E-state index is -0.777. The van der Waals surface area contributed by atoms with Crippen LogP contribution in [0.15, 0.2) is 0 Å². The second-order valence-electron chi connectivity index (χ2n) is 5.18. The highest BCUT2D eigenvalue weighted by atomic mass is 16.4. The Morgan fingerprint density at radius 1 is 1.57 bits per heavy atom. The number of carbonyl (C=O) groups is 2. The molecule has 0 heterocycles. The standard InChI is InChI=1S/C11H16O3/c1-10-4-3-7(5-8(10)12)11(10,2)6-9(13)14/h7H,3-6H2,1-2H3,(H,13,14)/t7-,10-,11-/m0/s1. The summed E-state index contributed by atoms with van der Waals surface area (Å²) in [6.45, 7) is 3.93. The molecule has 0 unspecified atom stereocenters. The number of Topliss-reactive ketones (excluding diaryl/α,β-unsaturated/α-hetero) is 1. The summed E-state index contributed by atoms with van der Waals surface area (Å²) < 4.78 is 0. The first-order chi connectivity index (χ1) is 6.40. The molecule has 3 nitrogen and oxygen atoms in total. The number of carbonyl (C=O) groups excluding carboxylic acids is 1. The summed E-state index contributed by atoms with van der Waals surface area (Å²) in [6.07, 6.45) is 2.63. The molecule has 78 valence electrons. The van der Waals surface area contributed by atoms with Crippen LogP contribution in [0.2, 0.25) is 0 Å². The zero-order valence-electron chi connectivity index (χ0n) is 8.67. The van der Waals surface area contributed by atoms with Gasteiger partial charge in [0.15, 0.2) is 0 Å². The van der Waals surface area contributed by atoms with Crippen LogP contribution in [0.25, 0.3) is 0 Å². The molecule has 0 saturated heterocycles. The number of hydrogen-bond acceptors (Lipinski definition) is 2. The van der Waals surface area contributed by atoms with E-state index in [4.69, 9.17) is 5.11 Å². The van der Waals surface area contributed by atoms with Crippen molar-refractivity contribution in [2.75, 3.05) is 0 Å². The number of ketones is 1. The van der Waals surface area contributed by atoms with Gasteiger partial charge in [0.1, 0.15) is 5.78 Å². The quantitative estimate of drug-likeness (QED) is 0.733. The summed E-state index contributed by atoms with van der Waals surface area (Å²) in [7, 11) is 0. The molecular weight excluding hydrogens is 180 g/mol. The van der Waals surface area contributed by atoms with E-state index in [1.165, 1.54) is 0 Å². The minimum absolute atomic E-state index is 0.139. The molecule has 0 spiro atoms. The van der Waals surface area contributed by atoms with Crippen LogP contribution >= 0.6 is 0 Å². The third-order valence-corrected chi connectivity index (χ3v) is 4.72. The molecular formula is C11H16O3. The lowest BCUT2D eigenvalue weighted by atomic mass is 9.67. The number of rotatable bonds is 2. The van der Waals surface area contributed by atoms with Crippen LogP contribution in [0.1, 0.15) is 39.5 Å².